The van der Waals surface area contributed by atoms with Gasteiger partial charge in [-0.1, -0.05) is 0 Å². The zero-order chi connectivity index (χ0) is 22.7. The molecule has 0 atom stereocenters. The summed E-state index contributed by atoms with van der Waals surface area (Å²) in [5.74, 6) is 1.64. The van der Waals surface area contributed by atoms with E-state index in [2.05, 4.69) is 15.6 Å². The molecule has 2 heterocycles. The van der Waals surface area contributed by atoms with Crippen LogP contribution < -0.4 is 15.4 Å². The monoisotopic (exact) mass is 447 g/mol. The van der Waals surface area contributed by atoms with Crippen molar-refractivity contribution in [2.45, 2.75) is 13.8 Å². The second-order valence-electron chi connectivity index (χ2n) is 7.06. The van der Waals surface area contributed by atoms with Gasteiger partial charge in [-0.05, 0) is 74.5 Å². The summed E-state index contributed by atoms with van der Waals surface area (Å²) < 4.78 is 10.7. The molecular weight excluding hydrogens is 426 g/mol. The minimum absolute atomic E-state index is 0.246. The molecular formula is C24H21N3O4S. The highest BCUT2D eigenvalue weighted by atomic mass is 32.1. The Hall–Kier alpha value is -3.91. The van der Waals surface area contributed by atoms with Crippen molar-refractivity contribution in [3.63, 3.8) is 0 Å². The average molecular weight is 448 g/mol. The van der Waals surface area contributed by atoms with Crippen molar-refractivity contribution in [3.05, 3.63) is 82.6 Å². The third-order valence-electron chi connectivity index (χ3n) is 4.71. The Kier molecular flexibility index (Phi) is 6.04. The third kappa shape index (κ3) is 4.70. The summed E-state index contributed by atoms with van der Waals surface area (Å²) in [4.78, 5) is 30.2. The molecule has 0 saturated carbocycles. The number of ether oxygens (including phenoxy) is 1. The summed E-state index contributed by atoms with van der Waals surface area (Å²) in [7, 11) is 1.59. The lowest BCUT2D eigenvalue weighted by atomic mass is 10.2. The maximum atomic E-state index is 12.7. The first-order chi connectivity index (χ1) is 15.4. The standard InChI is InChI=1S/C24H21N3O4S/c1-14-4-13-20(31-14)24-25-15(2)21(32-24)23(29)27-17-7-5-16(6-8-17)22(28)26-18-9-11-19(30-3)12-10-18/h4-13H,1-3H3,(H,26,28)(H,27,29). The molecule has 0 aliphatic heterocycles. The van der Waals surface area contributed by atoms with Gasteiger partial charge in [-0.2, -0.15) is 0 Å². The van der Waals surface area contributed by atoms with Gasteiger partial charge < -0.3 is 19.8 Å². The number of benzene rings is 2. The van der Waals surface area contributed by atoms with E-state index in [0.29, 0.717) is 44.0 Å². The van der Waals surface area contributed by atoms with Crippen LogP contribution in [0.15, 0.2) is 65.1 Å². The fraction of sp³-hybridized carbons (Fsp3) is 0.125. The van der Waals surface area contributed by atoms with E-state index in [1.54, 1.807) is 62.6 Å². The number of methoxy groups -OCH3 is 1. The average Bonchev–Trinajstić information content (AvgIpc) is 3.40. The summed E-state index contributed by atoms with van der Waals surface area (Å²) in [6.45, 7) is 3.65. The van der Waals surface area contributed by atoms with Gasteiger partial charge in [0.25, 0.3) is 11.8 Å². The molecule has 2 amide bonds. The van der Waals surface area contributed by atoms with Gasteiger partial charge in [0.1, 0.15) is 16.4 Å². The number of amides is 2. The number of aryl methyl sites for hydroxylation is 2. The van der Waals surface area contributed by atoms with Crippen LogP contribution in [0.4, 0.5) is 11.4 Å². The Bertz CT molecular complexity index is 1260. The molecule has 8 heteroatoms. The van der Waals surface area contributed by atoms with Gasteiger partial charge in [0.2, 0.25) is 0 Å². The molecule has 0 aliphatic carbocycles. The smallest absolute Gasteiger partial charge is 0.267 e. The quantitative estimate of drug-likeness (QED) is 0.405. The lowest BCUT2D eigenvalue weighted by Gasteiger charge is -2.08. The summed E-state index contributed by atoms with van der Waals surface area (Å²) in [6, 6.07) is 17.5. The summed E-state index contributed by atoms with van der Waals surface area (Å²) in [5, 5.41) is 6.34. The number of anilines is 2. The Morgan fingerprint density at radius 3 is 2.09 bits per heavy atom. The molecule has 7 nitrogen and oxygen atoms in total. The molecule has 2 aromatic carbocycles. The zero-order valence-corrected chi connectivity index (χ0v) is 18.6. The number of carbonyl (C=O) groups is 2. The van der Waals surface area contributed by atoms with Gasteiger partial charge in [-0.15, -0.1) is 11.3 Å². The van der Waals surface area contributed by atoms with Gasteiger partial charge in [-0.25, -0.2) is 4.98 Å². The molecule has 4 rings (SSSR count). The predicted octanol–water partition coefficient (Wildman–Crippen LogP) is 5.53. The number of nitrogens with zero attached hydrogens (tertiary/aromatic N) is 1. The van der Waals surface area contributed by atoms with Gasteiger partial charge in [0.15, 0.2) is 10.8 Å². The van der Waals surface area contributed by atoms with Crippen LogP contribution in [0.5, 0.6) is 5.75 Å². The zero-order valence-electron chi connectivity index (χ0n) is 17.8. The molecule has 0 radical (unpaired) electrons. The molecule has 32 heavy (non-hydrogen) atoms. The molecule has 2 N–H and O–H groups in total. The van der Waals surface area contributed by atoms with Crippen LogP contribution in [0.3, 0.4) is 0 Å². The molecule has 162 valence electrons. The van der Waals surface area contributed by atoms with Crippen LogP contribution in [0.2, 0.25) is 0 Å². The topological polar surface area (TPSA) is 93.5 Å². The molecule has 0 unspecified atom stereocenters. The molecule has 0 bridgehead atoms. The lowest BCUT2D eigenvalue weighted by Crippen LogP contribution is -2.13. The van der Waals surface area contributed by atoms with Crippen molar-refractivity contribution in [1.82, 2.24) is 4.98 Å². The van der Waals surface area contributed by atoms with E-state index in [1.807, 2.05) is 19.1 Å². The fourth-order valence-corrected chi connectivity index (χ4v) is 3.96. The molecule has 0 aliphatic rings. The predicted molar refractivity (Wildman–Crippen MR) is 125 cm³/mol. The van der Waals surface area contributed by atoms with E-state index in [-0.39, 0.29) is 11.8 Å². The first-order valence-corrected chi connectivity index (χ1v) is 10.7. The molecule has 0 saturated heterocycles. The molecule has 4 aromatic rings. The number of nitrogens with one attached hydrogen (secondary N) is 2. The van der Waals surface area contributed by atoms with Crippen LogP contribution in [0.1, 0.15) is 31.5 Å². The van der Waals surface area contributed by atoms with Crippen LogP contribution in [-0.2, 0) is 0 Å². The van der Waals surface area contributed by atoms with Crippen LogP contribution in [0.25, 0.3) is 10.8 Å². The van der Waals surface area contributed by atoms with Crippen LogP contribution in [-0.4, -0.2) is 23.9 Å². The number of aromatic nitrogens is 1. The Morgan fingerprint density at radius 1 is 0.875 bits per heavy atom. The largest absolute Gasteiger partial charge is 0.497 e. The highest BCUT2D eigenvalue weighted by Gasteiger charge is 2.18. The van der Waals surface area contributed by atoms with Crippen molar-refractivity contribution < 1.29 is 18.7 Å². The van der Waals surface area contributed by atoms with Crippen molar-refractivity contribution in [2.75, 3.05) is 17.7 Å². The van der Waals surface area contributed by atoms with E-state index in [1.165, 1.54) is 11.3 Å². The number of carbonyl (C=O) groups excluding carboxylic acids is 2. The Labute approximate surface area is 189 Å². The SMILES string of the molecule is COc1ccc(NC(=O)c2ccc(NC(=O)c3sc(-c4ccc(C)o4)nc3C)cc2)cc1. The minimum atomic E-state index is -0.259. The highest BCUT2D eigenvalue weighted by Crippen LogP contribution is 2.30. The highest BCUT2D eigenvalue weighted by molar-refractivity contribution is 7.17. The van der Waals surface area contributed by atoms with Gasteiger partial charge in [-0.3, -0.25) is 9.59 Å². The number of furan rings is 1. The molecule has 2 aromatic heterocycles. The maximum absolute atomic E-state index is 12.7. The second-order valence-corrected chi connectivity index (χ2v) is 8.06. The number of hydrogen-bond donors (Lipinski definition) is 2. The summed E-state index contributed by atoms with van der Waals surface area (Å²) in [5.41, 5.74) is 2.35. The number of hydrogen-bond acceptors (Lipinski definition) is 6. The van der Waals surface area contributed by atoms with E-state index in [0.717, 1.165) is 5.76 Å². The van der Waals surface area contributed by atoms with Crippen molar-refractivity contribution in [1.29, 1.82) is 0 Å². The number of thiazole rings is 1. The van der Waals surface area contributed by atoms with E-state index in [9.17, 15) is 9.59 Å². The van der Waals surface area contributed by atoms with Crippen LogP contribution >= 0.6 is 11.3 Å². The normalized spacial score (nSPS) is 10.6. The summed E-state index contributed by atoms with van der Waals surface area (Å²) in [6.07, 6.45) is 0. The van der Waals surface area contributed by atoms with E-state index < -0.39 is 0 Å². The van der Waals surface area contributed by atoms with Gasteiger partial charge in [0.05, 0.1) is 12.8 Å². The first-order valence-electron chi connectivity index (χ1n) is 9.84. The van der Waals surface area contributed by atoms with Crippen molar-refractivity contribution in [3.8, 4) is 16.5 Å². The van der Waals surface area contributed by atoms with E-state index >= 15 is 0 Å². The second kappa shape index (κ2) is 9.07. The third-order valence-corrected chi connectivity index (χ3v) is 5.88. The molecule has 0 spiro atoms. The fourth-order valence-electron chi connectivity index (χ4n) is 3.03. The van der Waals surface area contributed by atoms with Crippen LogP contribution in [0, 0.1) is 13.8 Å². The number of rotatable bonds is 6. The van der Waals surface area contributed by atoms with Gasteiger partial charge in [0, 0.05) is 16.9 Å². The molecule has 0 fully saturated rings. The lowest BCUT2D eigenvalue weighted by molar-refractivity contribution is 0.102. The van der Waals surface area contributed by atoms with Crippen molar-refractivity contribution >= 4 is 34.5 Å². The maximum Gasteiger partial charge on any atom is 0.267 e. The van der Waals surface area contributed by atoms with E-state index in [4.69, 9.17) is 9.15 Å². The first kappa shape index (κ1) is 21.3. The Balaban J connectivity index is 1.41. The van der Waals surface area contributed by atoms with Crippen molar-refractivity contribution in [2.24, 2.45) is 0 Å². The van der Waals surface area contributed by atoms with Gasteiger partial charge >= 0.3 is 0 Å². The Morgan fingerprint density at radius 2 is 1.50 bits per heavy atom. The summed E-state index contributed by atoms with van der Waals surface area (Å²) >= 11 is 1.28. The minimum Gasteiger partial charge on any atom is -0.497 e.